The molecule has 2 amide bonds. The Bertz CT molecular complexity index is 1200. The normalized spacial score (nSPS) is 19.7. The Kier molecular flexibility index (Phi) is 6.64. The van der Waals surface area contributed by atoms with Crippen LogP contribution in [-0.4, -0.2) is 68.5 Å². The first-order chi connectivity index (χ1) is 16.4. The lowest BCUT2D eigenvalue weighted by atomic mass is 10.0. The maximum absolute atomic E-state index is 12.8. The fraction of sp³-hybridized carbons (Fsp3) is 0.174. The summed E-state index contributed by atoms with van der Waals surface area (Å²) < 4.78 is 5.25. The van der Waals surface area contributed by atoms with Crippen LogP contribution in [0.15, 0.2) is 77.1 Å². The summed E-state index contributed by atoms with van der Waals surface area (Å²) in [6.45, 7) is -0.286. The SMILES string of the molecule is O=C(O)C1=C(COC(=O)c2ccccc2)CS[C@@H]2[C@H](NC(=O)C(=NO)c3ccccc3)C(=O)N12. The molecule has 0 aromatic heterocycles. The summed E-state index contributed by atoms with van der Waals surface area (Å²) >= 11 is 1.23. The van der Waals surface area contributed by atoms with E-state index in [4.69, 9.17) is 4.74 Å². The average molecular weight is 481 g/mol. The lowest BCUT2D eigenvalue weighted by Crippen LogP contribution is -2.71. The Morgan fingerprint density at radius 3 is 2.26 bits per heavy atom. The second-order valence-electron chi connectivity index (χ2n) is 7.38. The number of oxime groups is 1. The molecule has 3 N–H and O–H groups in total. The van der Waals surface area contributed by atoms with Crippen LogP contribution >= 0.6 is 11.8 Å². The van der Waals surface area contributed by atoms with Gasteiger partial charge in [0.25, 0.3) is 11.8 Å². The molecule has 1 saturated heterocycles. The van der Waals surface area contributed by atoms with Gasteiger partial charge in [0.05, 0.1) is 5.56 Å². The molecule has 2 heterocycles. The molecule has 0 radical (unpaired) electrons. The van der Waals surface area contributed by atoms with E-state index in [1.807, 2.05) is 0 Å². The molecule has 10 nitrogen and oxygen atoms in total. The van der Waals surface area contributed by atoms with Gasteiger partial charge in [-0.15, -0.1) is 11.8 Å². The number of carbonyl (C=O) groups excluding carboxylic acids is 3. The number of carboxylic acid groups (broad SMARTS) is 1. The van der Waals surface area contributed by atoms with E-state index in [1.54, 1.807) is 60.7 Å². The summed E-state index contributed by atoms with van der Waals surface area (Å²) in [5.41, 5.74) is 0.424. The molecular weight excluding hydrogens is 462 g/mol. The molecule has 0 aliphatic carbocycles. The van der Waals surface area contributed by atoms with E-state index in [0.717, 1.165) is 4.90 Å². The highest BCUT2D eigenvalue weighted by molar-refractivity contribution is 8.00. The quantitative estimate of drug-likeness (QED) is 0.177. The average Bonchev–Trinajstić information content (AvgIpc) is 2.86. The Morgan fingerprint density at radius 1 is 1.06 bits per heavy atom. The third-order valence-corrected chi connectivity index (χ3v) is 6.63. The topological polar surface area (TPSA) is 146 Å². The maximum atomic E-state index is 12.8. The number of carboxylic acids is 1. The molecule has 0 saturated carbocycles. The molecule has 174 valence electrons. The van der Waals surface area contributed by atoms with Crippen molar-refractivity contribution in [3.05, 3.63) is 83.1 Å². The van der Waals surface area contributed by atoms with Crippen molar-refractivity contribution in [2.24, 2.45) is 5.16 Å². The van der Waals surface area contributed by atoms with Gasteiger partial charge in [-0.25, -0.2) is 9.59 Å². The van der Waals surface area contributed by atoms with Crippen molar-refractivity contribution in [1.29, 1.82) is 0 Å². The summed E-state index contributed by atoms with van der Waals surface area (Å²) in [5, 5.41) is 23.9. The number of nitrogens with one attached hydrogen (secondary N) is 1. The van der Waals surface area contributed by atoms with Gasteiger partial charge in [-0.2, -0.15) is 0 Å². The van der Waals surface area contributed by atoms with E-state index in [-0.39, 0.29) is 29.3 Å². The minimum atomic E-state index is -1.34. The largest absolute Gasteiger partial charge is 0.477 e. The van der Waals surface area contributed by atoms with Crippen molar-refractivity contribution in [2.75, 3.05) is 12.4 Å². The highest BCUT2D eigenvalue weighted by Crippen LogP contribution is 2.40. The van der Waals surface area contributed by atoms with Gasteiger partial charge in [0.1, 0.15) is 23.7 Å². The molecule has 1 fully saturated rings. The van der Waals surface area contributed by atoms with E-state index in [1.165, 1.54) is 11.8 Å². The number of β-lactam (4-membered cyclic amide) rings is 1. The van der Waals surface area contributed by atoms with Crippen LogP contribution in [0.5, 0.6) is 0 Å². The van der Waals surface area contributed by atoms with Crippen LogP contribution in [-0.2, 0) is 19.1 Å². The van der Waals surface area contributed by atoms with Gasteiger partial charge in [0.15, 0.2) is 5.71 Å². The van der Waals surface area contributed by atoms with Crippen molar-refractivity contribution in [3.8, 4) is 0 Å². The van der Waals surface area contributed by atoms with Crippen molar-refractivity contribution in [3.63, 3.8) is 0 Å². The summed E-state index contributed by atoms with van der Waals surface area (Å²) in [6.07, 6.45) is 0. The van der Waals surface area contributed by atoms with Gasteiger partial charge >= 0.3 is 11.9 Å². The number of esters is 1. The van der Waals surface area contributed by atoms with E-state index in [9.17, 15) is 29.5 Å². The Morgan fingerprint density at radius 2 is 1.68 bits per heavy atom. The highest BCUT2D eigenvalue weighted by Gasteiger charge is 2.54. The van der Waals surface area contributed by atoms with Gasteiger partial charge in [-0.3, -0.25) is 14.5 Å². The van der Waals surface area contributed by atoms with Crippen LogP contribution in [0.25, 0.3) is 0 Å². The van der Waals surface area contributed by atoms with Gasteiger partial charge in [0.2, 0.25) is 0 Å². The monoisotopic (exact) mass is 481 g/mol. The van der Waals surface area contributed by atoms with Crippen LogP contribution in [0.2, 0.25) is 0 Å². The minimum Gasteiger partial charge on any atom is -0.477 e. The predicted octanol–water partition coefficient (Wildman–Crippen LogP) is 1.46. The zero-order valence-corrected chi connectivity index (χ0v) is 18.4. The summed E-state index contributed by atoms with van der Waals surface area (Å²) in [6, 6.07) is 15.5. The van der Waals surface area contributed by atoms with Crippen LogP contribution in [0.1, 0.15) is 15.9 Å². The van der Waals surface area contributed by atoms with Crippen molar-refractivity contribution < 1.29 is 34.2 Å². The molecule has 0 spiro atoms. The summed E-state index contributed by atoms with van der Waals surface area (Å²) in [4.78, 5) is 50.6. The number of carbonyl (C=O) groups is 4. The number of hydrogen-bond donors (Lipinski definition) is 3. The third-order valence-electron chi connectivity index (χ3n) is 5.29. The number of fused-ring (bicyclic) bond motifs is 1. The van der Waals surface area contributed by atoms with Crippen molar-refractivity contribution in [2.45, 2.75) is 11.4 Å². The first kappa shape index (κ1) is 23.1. The standard InChI is InChI=1S/C23H19N3O7S/c27-19(16(25-32)13-7-3-1-4-8-13)24-17-20(28)26-18(22(29)30)15(12-34-21(17)26)11-33-23(31)14-9-5-2-6-10-14/h1-10,17,21,32H,11-12H2,(H,24,27)(H,29,30)/t17-,21-/m1/s1. The molecule has 4 rings (SSSR count). The molecule has 11 heteroatoms. The first-order valence-corrected chi connectivity index (χ1v) is 11.2. The highest BCUT2D eigenvalue weighted by atomic mass is 32.2. The lowest BCUT2D eigenvalue weighted by molar-refractivity contribution is -0.150. The van der Waals surface area contributed by atoms with E-state index < -0.39 is 35.2 Å². The molecule has 34 heavy (non-hydrogen) atoms. The number of rotatable bonds is 7. The van der Waals surface area contributed by atoms with Crippen LogP contribution in [0.4, 0.5) is 0 Å². The van der Waals surface area contributed by atoms with Crippen LogP contribution in [0.3, 0.4) is 0 Å². The Hall–Kier alpha value is -4.12. The van der Waals surface area contributed by atoms with Crippen LogP contribution < -0.4 is 5.32 Å². The van der Waals surface area contributed by atoms with Crippen molar-refractivity contribution in [1.82, 2.24) is 10.2 Å². The van der Waals surface area contributed by atoms with E-state index >= 15 is 0 Å². The zero-order valence-electron chi connectivity index (χ0n) is 17.6. The predicted molar refractivity (Wildman–Crippen MR) is 121 cm³/mol. The number of aliphatic carboxylic acids is 1. The molecule has 0 unspecified atom stereocenters. The van der Waals surface area contributed by atoms with Gasteiger partial charge in [0, 0.05) is 16.9 Å². The molecule has 2 atom stereocenters. The van der Waals surface area contributed by atoms with E-state index in [0.29, 0.717) is 11.1 Å². The summed E-state index contributed by atoms with van der Waals surface area (Å²) in [5.74, 6) is -3.15. The van der Waals surface area contributed by atoms with Crippen LogP contribution in [0, 0.1) is 0 Å². The third kappa shape index (κ3) is 4.37. The Labute approximate surface area is 197 Å². The van der Waals surface area contributed by atoms with Gasteiger partial charge in [-0.1, -0.05) is 53.7 Å². The second-order valence-corrected chi connectivity index (χ2v) is 8.48. The fourth-order valence-corrected chi connectivity index (χ4v) is 4.97. The molecule has 0 bridgehead atoms. The minimum absolute atomic E-state index is 0.185. The summed E-state index contributed by atoms with van der Waals surface area (Å²) in [7, 11) is 0. The molecule has 2 aliphatic heterocycles. The number of hydrogen-bond acceptors (Lipinski definition) is 8. The number of ether oxygens (including phenoxy) is 1. The molecular formula is C23H19N3O7S. The van der Waals surface area contributed by atoms with Crippen molar-refractivity contribution >= 4 is 41.2 Å². The zero-order chi connectivity index (χ0) is 24.2. The first-order valence-electron chi connectivity index (χ1n) is 10.1. The smallest absolute Gasteiger partial charge is 0.352 e. The maximum Gasteiger partial charge on any atom is 0.352 e. The van der Waals surface area contributed by atoms with Gasteiger partial charge < -0.3 is 20.4 Å². The van der Waals surface area contributed by atoms with E-state index in [2.05, 4.69) is 10.5 Å². The number of thioether (sulfide) groups is 1. The number of benzene rings is 2. The lowest BCUT2D eigenvalue weighted by Gasteiger charge is -2.49. The number of amides is 2. The number of nitrogens with zero attached hydrogens (tertiary/aromatic N) is 2. The molecule has 2 aliphatic rings. The molecule has 2 aromatic rings. The second kappa shape index (κ2) is 9.79. The Balaban J connectivity index is 1.46. The molecule has 2 aromatic carbocycles. The van der Waals surface area contributed by atoms with Gasteiger partial charge in [-0.05, 0) is 12.1 Å². The fourth-order valence-electron chi connectivity index (χ4n) is 3.64.